The molecule has 36 heavy (non-hydrogen) atoms. The second-order valence-corrected chi connectivity index (χ2v) is 9.65. The summed E-state index contributed by atoms with van der Waals surface area (Å²) >= 11 is 0. The van der Waals surface area contributed by atoms with Crippen LogP contribution in [0, 0.1) is 5.92 Å². The minimum atomic E-state index is -1.85. The highest BCUT2D eigenvalue weighted by atomic mass is 16.7. The molecule has 0 radical (unpaired) electrons. The van der Waals surface area contributed by atoms with E-state index in [2.05, 4.69) is 0 Å². The van der Waals surface area contributed by atoms with Gasteiger partial charge >= 0.3 is 0 Å². The maximum absolute atomic E-state index is 10.7. The van der Waals surface area contributed by atoms with Gasteiger partial charge in [-0.3, -0.25) is 0 Å². The van der Waals surface area contributed by atoms with Gasteiger partial charge in [0, 0.05) is 0 Å². The second-order valence-electron chi connectivity index (χ2n) is 9.65. The van der Waals surface area contributed by atoms with Crippen molar-refractivity contribution in [1.29, 1.82) is 0 Å². The molecule has 0 spiro atoms. The third kappa shape index (κ3) is 5.85. The molecule has 0 bridgehead atoms. The Bertz CT molecular complexity index is 678. The van der Waals surface area contributed by atoms with E-state index in [0.717, 1.165) is 0 Å². The Hall–Kier alpha value is -0.600. The van der Waals surface area contributed by atoms with Gasteiger partial charge in [-0.05, 0) is 5.92 Å². The van der Waals surface area contributed by atoms with Crippen molar-refractivity contribution >= 4 is 0 Å². The molecule has 0 aromatic rings. The van der Waals surface area contributed by atoms with Gasteiger partial charge in [0.1, 0.15) is 73.2 Å². The van der Waals surface area contributed by atoms with E-state index in [1.54, 1.807) is 13.8 Å². The number of aliphatic hydroxyl groups is 10. The van der Waals surface area contributed by atoms with Crippen LogP contribution in [0.25, 0.3) is 0 Å². The Morgan fingerprint density at radius 2 is 0.944 bits per heavy atom. The van der Waals surface area contributed by atoms with Crippen LogP contribution in [0.2, 0.25) is 0 Å². The van der Waals surface area contributed by atoms with Crippen LogP contribution in [0.15, 0.2) is 0 Å². The van der Waals surface area contributed by atoms with Crippen molar-refractivity contribution in [2.45, 2.75) is 106 Å². The van der Waals surface area contributed by atoms with Gasteiger partial charge in [0.15, 0.2) is 12.6 Å². The summed E-state index contributed by atoms with van der Waals surface area (Å²) in [5.41, 5.74) is 0. The van der Waals surface area contributed by atoms with Gasteiger partial charge in [-0.25, -0.2) is 0 Å². The number of rotatable bonds is 8. The standard InChI is InChI=1S/C21H38O15/c1-6(2)17-12(27)13(28)18(8(4-23)32-17)35-21-16(31)14(29)19(9(5-24)34-21)36-20-15(30)11(26)10(25)7(3-22)33-20/h6-31H,3-5H2,1-2H3/t7?,8?,9?,10-,11+,12?,13-,14-,15?,16?,17+,18-,19-,20+,21+/m1/s1. The molecule has 0 aliphatic carbocycles. The van der Waals surface area contributed by atoms with E-state index in [-0.39, 0.29) is 5.92 Å². The first kappa shape index (κ1) is 29.9. The maximum Gasteiger partial charge on any atom is 0.187 e. The lowest BCUT2D eigenvalue weighted by molar-refractivity contribution is -0.373. The summed E-state index contributed by atoms with van der Waals surface area (Å²) in [5, 5.41) is 101. The predicted octanol–water partition coefficient (Wildman–Crippen LogP) is -5.87. The molecule has 0 aromatic heterocycles. The van der Waals surface area contributed by atoms with Crippen molar-refractivity contribution in [3.8, 4) is 0 Å². The fourth-order valence-corrected chi connectivity index (χ4v) is 4.66. The zero-order valence-electron chi connectivity index (χ0n) is 19.9. The van der Waals surface area contributed by atoms with Gasteiger partial charge in [0.05, 0.1) is 25.9 Å². The highest BCUT2D eigenvalue weighted by molar-refractivity contribution is 4.97. The largest absolute Gasteiger partial charge is 0.394 e. The molecule has 3 aliphatic heterocycles. The van der Waals surface area contributed by atoms with E-state index < -0.39 is 112 Å². The Morgan fingerprint density at radius 1 is 0.528 bits per heavy atom. The van der Waals surface area contributed by atoms with Gasteiger partial charge in [-0.15, -0.1) is 0 Å². The topological polar surface area (TPSA) is 248 Å². The minimum absolute atomic E-state index is 0.206. The van der Waals surface area contributed by atoms with Crippen molar-refractivity contribution in [2.75, 3.05) is 19.8 Å². The average molecular weight is 531 g/mol. The van der Waals surface area contributed by atoms with Crippen molar-refractivity contribution in [3.05, 3.63) is 0 Å². The summed E-state index contributed by atoms with van der Waals surface area (Å²) in [5.74, 6) is -0.206. The van der Waals surface area contributed by atoms with Crippen molar-refractivity contribution in [2.24, 2.45) is 5.92 Å². The van der Waals surface area contributed by atoms with Gasteiger partial charge < -0.3 is 74.7 Å². The molecule has 3 heterocycles. The summed E-state index contributed by atoms with van der Waals surface area (Å²) in [4.78, 5) is 0. The molecule has 212 valence electrons. The molecule has 6 unspecified atom stereocenters. The lowest BCUT2D eigenvalue weighted by Crippen LogP contribution is -2.66. The average Bonchev–Trinajstić information content (AvgIpc) is 2.86. The van der Waals surface area contributed by atoms with Crippen LogP contribution in [0.1, 0.15) is 13.8 Å². The molecule has 3 aliphatic rings. The fraction of sp³-hybridized carbons (Fsp3) is 1.00. The molecule has 3 saturated heterocycles. The molecule has 3 rings (SSSR count). The van der Waals surface area contributed by atoms with E-state index in [1.807, 2.05) is 0 Å². The van der Waals surface area contributed by atoms with E-state index in [0.29, 0.717) is 0 Å². The molecule has 10 N–H and O–H groups in total. The summed E-state index contributed by atoms with van der Waals surface area (Å²) < 4.78 is 27.5. The smallest absolute Gasteiger partial charge is 0.187 e. The first-order valence-corrected chi connectivity index (χ1v) is 11.8. The maximum atomic E-state index is 10.7. The zero-order valence-corrected chi connectivity index (χ0v) is 19.9. The summed E-state index contributed by atoms with van der Waals surface area (Å²) in [6.45, 7) is 1.40. The number of hydrogen-bond donors (Lipinski definition) is 10. The van der Waals surface area contributed by atoms with Crippen LogP contribution in [0.3, 0.4) is 0 Å². The fourth-order valence-electron chi connectivity index (χ4n) is 4.66. The molecular weight excluding hydrogens is 492 g/mol. The lowest BCUT2D eigenvalue weighted by atomic mass is 9.89. The first-order chi connectivity index (χ1) is 17.0. The van der Waals surface area contributed by atoms with Crippen LogP contribution >= 0.6 is 0 Å². The Morgan fingerprint density at radius 3 is 1.42 bits per heavy atom. The van der Waals surface area contributed by atoms with Gasteiger partial charge in [0.25, 0.3) is 0 Å². The molecule has 3 fully saturated rings. The highest BCUT2D eigenvalue weighted by Gasteiger charge is 2.53. The van der Waals surface area contributed by atoms with Gasteiger partial charge in [-0.2, -0.15) is 0 Å². The minimum Gasteiger partial charge on any atom is -0.394 e. The van der Waals surface area contributed by atoms with Crippen LogP contribution in [-0.4, -0.2) is 163 Å². The summed E-state index contributed by atoms with van der Waals surface area (Å²) in [6, 6.07) is 0. The quantitative estimate of drug-likeness (QED) is 0.140. The molecule has 0 amide bonds. The molecule has 0 saturated carbocycles. The normalized spacial score (nSPS) is 50.4. The Balaban J connectivity index is 1.72. The van der Waals surface area contributed by atoms with Crippen molar-refractivity contribution < 1.29 is 74.7 Å². The van der Waals surface area contributed by atoms with E-state index >= 15 is 0 Å². The number of hydrogen-bond acceptors (Lipinski definition) is 15. The third-order valence-electron chi connectivity index (χ3n) is 6.81. The Kier molecular flexibility index (Phi) is 10.4. The monoisotopic (exact) mass is 530 g/mol. The predicted molar refractivity (Wildman–Crippen MR) is 114 cm³/mol. The first-order valence-electron chi connectivity index (χ1n) is 11.8. The molecule has 15 heteroatoms. The molecular formula is C21H38O15. The molecule has 0 aromatic carbocycles. The third-order valence-corrected chi connectivity index (χ3v) is 6.81. The van der Waals surface area contributed by atoms with Crippen LogP contribution in [-0.2, 0) is 23.7 Å². The van der Waals surface area contributed by atoms with E-state index in [1.165, 1.54) is 0 Å². The van der Waals surface area contributed by atoms with Crippen molar-refractivity contribution in [3.63, 3.8) is 0 Å². The highest BCUT2D eigenvalue weighted by Crippen LogP contribution is 2.33. The van der Waals surface area contributed by atoms with Crippen molar-refractivity contribution in [1.82, 2.24) is 0 Å². The van der Waals surface area contributed by atoms with E-state index in [9.17, 15) is 51.1 Å². The molecule has 15 nitrogen and oxygen atoms in total. The van der Waals surface area contributed by atoms with Gasteiger partial charge in [0.2, 0.25) is 0 Å². The lowest BCUT2D eigenvalue weighted by Gasteiger charge is -2.48. The molecule has 15 atom stereocenters. The number of aliphatic hydroxyl groups excluding tert-OH is 10. The number of ether oxygens (including phenoxy) is 5. The summed E-state index contributed by atoms with van der Waals surface area (Å²) in [7, 11) is 0. The van der Waals surface area contributed by atoms with E-state index in [4.69, 9.17) is 23.7 Å². The zero-order chi connectivity index (χ0) is 26.9. The van der Waals surface area contributed by atoms with Gasteiger partial charge in [-0.1, -0.05) is 13.8 Å². The van der Waals surface area contributed by atoms with Crippen LogP contribution in [0.5, 0.6) is 0 Å². The second kappa shape index (κ2) is 12.5. The van der Waals surface area contributed by atoms with Crippen LogP contribution < -0.4 is 0 Å². The van der Waals surface area contributed by atoms with Crippen LogP contribution in [0.4, 0.5) is 0 Å². The Labute approximate surface area is 207 Å². The summed E-state index contributed by atoms with van der Waals surface area (Å²) in [6.07, 6.45) is -22.7. The SMILES string of the molecule is CC(C)[C@@H]1OC(CO)[C@@H](O[C@@H]2OC(CO)[C@@H](O[C@@H]3OC(CO)[C@@H](O)[C@H](O)C3O)[C@H](O)C2O)[C@H](O)C1O.